The van der Waals surface area contributed by atoms with E-state index in [4.69, 9.17) is 4.42 Å². The molecule has 2 heterocycles. The molecular formula is C16H19N3O4S2. The largest absolute Gasteiger partial charge is 0.411 e. The Labute approximate surface area is 150 Å². The van der Waals surface area contributed by atoms with Gasteiger partial charge in [0, 0.05) is 18.7 Å². The molecule has 1 amide bonds. The van der Waals surface area contributed by atoms with Gasteiger partial charge in [-0.15, -0.1) is 10.2 Å². The van der Waals surface area contributed by atoms with E-state index >= 15 is 0 Å². The molecule has 1 saturated heterocycles. The lowest BCUT2D eigenvalue weighted by Gasteiger charge is -2.22. The van der Waals surface area contributed by atoms with Crippen molar-refractivity contribution >= 4 is 27.5 Å². The van der Waals surface area contributed by atoms with Crippen molar-refractivity contribution in [1.29, 1.82) is 0 Å². The second-order valence-electron chi connectivity index (χ2n) is 6.09. The zero-order chi connectivity index (χ0) is 18.0. The summed E-state index contributed by atoms with van der Waals surface area (Å²) in [5.41, 5.74) is 1.92. The number of carbonyl (C=O) groups is 1. The summed E-state index contributed by atoms with van der Waals surface area (Å²) >= 11 is 1.15. The molecule has 1 aliphatic rings. The van der Waals surface area contributed by atoms with Crippen LogP contribution in [-0.4, -0.2) is 59.8 Å². The number of aryl methyl sites for hydroxylation is 1. The highest BCUT2D eigenvalue weighted by Crippen LogP contribution is 2.24. The lowest BCUT2D eigenvalue weighted by molar-refractivity contribution is -0.128. The maximum absolute atomic E-state index is 12.3. The summed E-state index contributed by atoms with van der Waals surface area (Å²) in [4.78, 5) is 13.8. The molecule has 3 rings (SSSR count). The normalized spacial score (nSPS) is 19.0. The predicted octanol–water partition coefficient (Wildman–Crippen LogP) is 1.78. The molecule has 1 fully saturated rings. The number of aromatic nitrogens is 2. The van der Waals surface area contributed by atoms with Gasteiger partial charge in [-0.25, -0.2) is 8.42 Å². The van der Waals surface area contributed by atoms with Crippen LogP contribution in [0.25, 0.3) is 11.5 Å². The average molecular weight is 381 g/mol. The number of benzene rings is 1. The van der Waals surface area contributed by atoms with Crippen molar-refractivity contribution in [2.45, 2.75) is 24.6 Å². The van der Waals surface area contributed by atoms with Crippen LogP contribution in [0, 0.1) is 6.92 Å². The van der Waals surface area contributed by atoms with Crippen molar-refractivity contribution in [1.82, 2.24) is 15.1 Å². The smallest absolute Gasteiger partial charge is 0.277 e. The lowest BCUT2D eigenvalue weighted by Crippen LogP contribution is -2.38. The van der Waals surface area contributed by atoms with Crippen LogP contribution in [0.2, 0.25) is 0 Å². The molecule has 0 spiro atoms. The van der Waals surface area contributed by atoms with Gasteiger partial charge in [0.1, 0.15) is 0 Å². The maximum atomic E-state index is 12.3. The van der Waals surface area contributed by atoms with Gasteiger partial charge in [-0.05, 0) is 25.5 Å². The first-order valence-electron chi connectivity index (χ1n) is 7.83. The molecule has 1 aliphatic heterocycles. The monoisotopic (exact) mass is 381 g/mol. The number of hydrogen-bond acceptors (Lipinski definition) is 7. The van der Waals surface area contributed by atoms with Gasteiger partial charge >= 0.3 is 0 Å². The summed E-state index contributed by atoms with van der Waals surface area (Å²) in [7, 11) is -1.37. The van der Waals surface area contributed by atoms with Crippen LogP contribution >= 0.6 is 11.8 Å². The molecule has 1 aromatic carbocycles. The first kappa shape index (κ1) is 17.9. The summed E-state index contributed by atoms with van der Waals surface area (Å²) in [6, 6.07) is 7.47. The lowest BCUT2D eigenvalue weighted by atomic mass is 10.1. The van der Waals surface area contributed by atoms with Crippen LogP contribution in [-0.2, 0) is 14.6 Å². The van der Waals surface area contributed by atoms with Crippen LogP contribution in [0.4, 0.5) is 0 Å². The molecule has 7 nitrogen and oxygen atoms in total. The zero-order valence-electron chi connectivity index (χ0n) is 14.0. The number of thioether (sulfide) groups is 1. The second kappa shape index (κ2) is 7.17. The van der Waals surface area contributed by atoms with Crippen LogP contribution < -0.4 is 0 Å². The van der Waals surface area contributed by atoms with E-state index in [0.29, 0.717) is 17.5 Å². The Bertz CT molecular complexity index is 879. The molecule has 9 heteroatoms. The topological polar surface area (TPSA) is 93.4 Å². The highest BCUT2D eigenvalue weighted by Gasteiger charge is 2.32. The molecule has 0 unspecified atom stereocenters. The second-order valence-corrected chi connectivity index (χ2v) is 9.25. The van der Waals surface area contributed by atoms with Gasteiger partial charge in [0.15, 0.2) is 9.84 Å². The Morgan fingerprint density at radius 1 is 1.40 bits per heavy atom. The Morgan fingerprint density at radius 2 is 2.20 bits per heavy atom. The highest BCUT2D eigenvalue weighted by molar-refractivity contribution is 7.99. The third kappa shape index (κ3) is 4.40. The minimum absolute atomic E-state index is 0.0397. The van der Waals surface area contributed by atoms with Gasteiger partial charge in [-0.1, -0.05) is 29.5 Å². The van der Waals surface area contributed by atoms with Crippen molar-refractivity contribution < 1.29 is 17.6 Å². The van der Waals surface area contributed by atoms with Gasteiger partial charge in [0.25, 0.3) is 5.22 Å². The van der Waals surface area contributed by atoms with Crippen LogP contribution in [0.3, 0.4) is 0 Å². The quantitative estimate of drug-likeness (QED) is 0.729. The molecule has 2 aromatic rings. The third-order valence-corrected chi connectivity index (χ3v) is 6.69. The molecule has 1 aromatic heterocycles. The number of carbonyl (C=O) groups excluding carboxylic acids is 1. The number of rotatable bonds is 5. The van der Waals surface area contributed by atoms with E-state index in [1.54, 1.807) is 7.05 Å². The molecule has 0 N–H and O–H groups in total. The fraction of sp³-hybridized carbons (Fsp3) is 0.438. The van der Waals surface area contributed by atoms with E-state index in [0.717, 1.165) is 22.9 Å². The zero-order valence-corrected chi connectivity index (χ0v) is 15.6. The van der Waals surface area contributed by atoms with E-state index < -0.39 is 9.84 Å². The number of sulfone groups is 1. The summed E-state index contributed by atoms with van der Waals surface area (Å²) in [6.45, 7) is 1.98. The van der Waals surface area contributed by atoms with E-state index in [1.165, 1.54) is 4.90 Å². The van der Waals surface area contributed by atoms with Crippen LogP contribution in [0.15, 0.2) is 33.9 Å². The van der Waals surface area contributed by atoms with Crippen molar-refractivity contribution in [2.75, 3.05) is 24.3 Å². The third-order valence-electron chi connectivity index (χ3n) is 4.14. The minimum Gasteiger partial charge on any atom is -0.411 e. The van der Waals surface area contributed by atoms with Gasteiger partial charge in [0.2, 0.25) is 11.8 Å². The Kier molecular flexibility index (Phi) is 5.14. The van der Waals surface area contributed by atoms with Crippen LogP contribution in [0.5, 0.6) is 0 Å². The molecule has 0 saturated carbocycles. The average Bonchev–Trinajstić information content (AvgIpc) is 3.18. The first-order valence-corrected chi connectivity index (χ1v) is 10.6. The van der Waals surface area contributed by atoms with Gasteiger partial charge in [-0.3, -0.25) is 4.79 Å². The molecule has 134 valence electrons. The fourth-order valence-corrected chi connectivity index (χ4v) is 5.13. The summed E-state index contributed by atoms with van der Waals surface area (Å²) in [6.07, 6.45) is 0.493. The van der Waals surface area contributed by atoms with E-state index in [2.05, 4.69) is 10.2 Å². The SMILES string of the molecule is Cc1cccc(-c2nnc(SCC(=O)N(C)[C@H]3CCS(=O)(=O)C3)o2)c1. The van der Waals surface area contributed by atoms with Crippen molar-refractivity contribution in [2.24, 2.45) is 0 Å². The van der Waals surface area contributed by atoms with Crippen molar-refractivity contribution in [3.63, 3.8) is 0 Å². The van der Waals surface area contributed by atoms with Gasteiger partial charge in [0.05, 0.1) is 17.3 Å². The van der Waals surface area contributed by atoms with Crippen LogP contribution in [0.1, 0.15) is 12.0 Å². The number of hydrogen-bond donors (Lipinski definition) is 0. The highest BCUT2D eigenvalue weighted by atomic mass is 32.2. The predicted molar refractivity (Wildman–Crippen MR) is 95.0 cm³/mol. The fourth-order valence-electron chi connectivity index (χ4n) is 2.67. The molecule has 25 heavy (non-hydrogen) atoms. The Balaban J connectivity index is 1.58. The first-order chi connectivity index (χ1) is 11.8. The van der Waals surface area contributed by atoms with Crippen molar-refractivity contribution in [3.05, 3.63) is 29.8 Å². The Morgan fingerprint density at radius 3 is 2.88 bits per heavy atom. The number of nitrogens with zero attached hydrogens (tertiary/aromatic N) is 3. The molecular weight excluding hydrogens is 362 g/mol. The summed E-state index contributed by atoms with van der Waals surface area (Å²) in [5.74, 6) is 0.572. The molecule has 0 radical (unpaired) electrons. The maximum Gasteiger partial charge on any atom is 0.277 e. The summed E-state index contributed by atoms with van der Waals surface area (Å²) < 4.78 is 28.7. The van der Waals surface area contributed by atoms with E-state index in [9.17, 15) is 13.2 Å². The van der Waals surface area contributed by atoms with E-state index in [-0.39, 0.29) is 29.2 Å². The number of amides is 1. The van der Waals surface area contributed by atoms with Gasteiger partial charge in [-0.2, -0.15) is 0 Å². The standard InChI is InChI=1S/C16H19N3O4S2/c1-11-4-3-5-12(8-11)15-17-18-16(23-15)24-9-14(20)19(2)13-6-7-25(21,22)10-13/h3-5,8,13H,6-7,9-10H2,1-2H3/t13-/m0/s1. The molecule has 1 atom stereocenters. The minimum atomic E-state index is -3.01. The molecule has 0 aliphatic carbocycles. The molecule has 0 bridgehead atoms. The van der Waals surface area contributed by atoms with Crippen molar-refractivity contribution in [3.8, 4) is 11.5 Å². The summed E-state index contributed by atoms with van der Waals surface area (Å²) in [5, 5.41) is 8.28. The Hall–Kier alpha value is -1.87. The van der Waals surface area contributed by atoms with E-state index in [1.807, 2.05) is 31.2 Å². The van der Waals surface area contributed by atoms with Gasteiger partial charge < -0.3 is 9.32 Å².